The van der Waals surface area contributed by atoms with Crippen molar-refractivity contribution >= 4 is 19.8 Å². The lowest BCUT2D eigenvalue weighted by Gasteiger charge is -2.18. The molecule has 0 saturated heterocycles. The smallest absolute Gasteiger partial charge is 0.462 e. The topological polar surface area (TPSA) is 140 Å². The van der Waals surface area contributed by atoms with E-state index in [2.05, 4.69) is 48.8 Å². The maximum atomic E-state index is 12.4. The molecule has 0 aromatic carbocycles. The molecule has 1 unspecified atom stereocenters. The average Bonchev–Trinajstić information content (AvgIpc) is 3.06. The van der Waals surface area contributed by atoms with E-state index < -0.39 is 38.6 Å². The second-order valence-electron chi connectivity index (χ2n) is 12.4. The summed E-state index contributed by atoms with van der Waals surface area (Å²) in [6, 6.07) is 0. The van der Waals surface area contributed by atoms with Gasteiger partial charge < -0.3 is 24.4 Å². The molecule has 0 bridgehead atoms. The maximum absolute atomic E-state index is 12.4. The molecule has 9 nitrogen and oxygen atoms in total. The van der Waals surface area contributed by atoms with Gasteiger partial charge in [0.2, 0.25) is 0 Å². The SMILES string of the molecule is CC/C=C/CC(O)/C=C/C=C/CCCCCCCC(=O)OC[C@H](COP(=O)(O)O)OC(=O)CCCCCCC/C=C\C/C=C\CCCCC. The number of ether oxygens (including phenoxy) is 2. The van der Waals surface area contributed by atoms with Crippen LogP contribution in [0.25, 0.3) is 0 Å². The van der Waals surface area contributed by atoms with Gasteiger partial charge >= 0.3 is 19.8 Å². The predicted octanol–water partition coefficient (Wildman–Crippen LogP) is 9.92. The average molecular weight is 711 g/mol. The zero-order valence-corrected chi connectivity index (χ0v) is 31.3. The highest BCUT2D eigenvalue weighted by atomic mass is 31.2. The Morgan fingerprint density at radius 2 is 1.22 bits per heavy atom. The normalized spacial score (nSPS) is 13.8. The van der Waals surface area contributed by atoms with Gasteiger partial charge in [-0.2, -0.15) is 0 Å². The number of rotatable bonds is 33. The van der Waals surface area contributed by atoms with Crippen LogP contribution in [-0.2, 0) is 28.2 Å². The van der Waals surface area contributed by atoms with Crippen LogP contribution in [0.15, 0.2) is 60.8 Å². The van der Waals surface area contributed by atoms with E-state index in [1.54, 1.807) is 6.08 Å². The Morgan fingerprint density at radius 1 is 0.653 bits per heavy atom. The predicted molar refractivity (Wildman–Crippen MR) is 199 cm³/mol. The van der Waals surface area contributed by atoms with Crippen LogP contribution in [0.5, 0.6) is 0 Å². The second-order valence-corrected chi connectivity index (χ2v) is 13.6. The van der Waals surface area contributed by atoms with E-state index in [9.17, 15) is 19.3 Å². The summed E-state index contributed by atoms with van der Waals surface area (Å²) in [5, 5.41) is 9.82. The molecule has 0 aliphatic carbocycles. The standard InChI is InChI=1S/C39H67O9P/c1-3-5-7-8-9-10-11-12-13-14-15-18-22-25-29-33-39(42)48-37(35-47-49(43,44)45)34-46-38(41)32-28-24-21-19-16-17-20-23-27-31-36(40)30-26-6-4-2/h6,9-10,12-13,20,23,26-27,31,36-37,40H,3-5,7-8,11,14-19,21-22,24-25,28-30,32-35H2,1-2H3,(H2,43,44,45)/b10-9-,13-12-,23-20+,26-6+,31-27+/t36?,37-/m1/s1. The molecule has 0 aromatic rings. The van der Waals surface area contributed by atoms with Gasteiger partial charge in [-0.25, -0.2) is 4.57 Å². The Kier molecular flexibility index (Phi) is 32.6. The largest absolute Gasteiger partial charge is 0.469 e. The minimum Gasteiger partial charge on any atom is -0.462 e. The van der Waals surface area contributed by atoms with Crippen molar-refractivity contribution in [1.29, 1.82) is 0 Å². The number of carbonyl (C=O) groups is 2. The number of carbonyl (C=O) groups excluding carboxylic acids is 2. The summed E-state index contributed by atoms with van der Waals surface area (Å²) in [4.78, 5) is 42.7. The quantitative estimate of drug-likeness (QED) is 0.0200. The molecule has 3 N–H and O–H groups in total. The highest BCUT2D eigenvalue weighted by Crippen LogP contribution is 2.36. The van der Waals surface area contributed by atoms with Crippen molar-refractivity contribution in [3.05, 3.63) is 60.8 Å². The van der Waals surface area contributed by atoms with Crippen molar-refractivity contribution in [1.82, 2.24) is 0 Å². The molecular weight excluding hydrogens is 643 g/mol. The first kappa shape index (κ1) is 46.7. The fourth-order valence-corrected chi connectivity index (χ4v) is 5.15. The molecule has 282 valence electrons. The van der Waals surface area contributed by atoms with Gasteiger partial charge in [-0.15, -0.1) is 0 Å². The highest BCUT2D eigenvalue weighted by Gasteiger charge is 2.22. The van der Waals surface area contributed by atoms with Gasteiger partial charge in [-0.1, -0.05) is 126 Å². The minimum atomic E-state index is -4.77. The summed E-state index contributed by atoms with van der Waals surface area (Å²) < 4.78 is 26.2. The lowest BCUT2D eigenvalue weighted by Crippen LogP contribution is -2.29. The van der Waals surface area contributed by atoms with E-state index in [-0.39, 0.29) is 19.4 Å². The van der Waals surface area contributed by atoms with Gasteiger partial charge in [0.15, 0.2) is 6.10 Å². The van der Waals surface area contributed by atoms with Gasteiger partial charge in [0.25, 0.3) is 0 Å². The highest BCUT2D eigenvalue weighted by molar-refractivity contribution is 7.46. The van der Waals surface area contributed by atoms with Crippen LogP contribution in [0.2, 0.25) is 0 Å². The van der Waals surface area contributed by atoms with Crippen molar-refractivity contribution in [3.8, 4) is 0 Å². The van der Waals surface area contributed by atoms with Crippen molar-refractivity contribution in [2.75, 3.05) is 13.2 Å². The Hall–Kier alpha value is -2.29. The molecular formula is C39H67O9P. The minimum absolute atomic E-state index is 0.178. The molecule has 0 aliphatic heterocycles. The van der Waals surface area contributed by atoms with Crippen molar-refractivity contribution in [2.45, 2.75) is 161 Å². The molecule has 10 heteroatoms. The Balaban J connectivity index is 4.08. The number of aliphatic hydroxyl groups excluding tert-OH is 1. The fourth-order valence-electron chi connectivity index (χ4n) is 4.79. The van der Waals surface area contributed by atoms with Gasteiger partial charge in [0.1, 0.15) is 6.61 Å². The summed E-state index contributed by atoms with van der Waals surface area (Å²) >= 11 is 0. The Labute approximate surface area is 297 Å². The zero-order chi connectivity index (χ0) is 36.3. The van der Waals surface area contributed by atoms with Crippen LogP contribution in [0.3, 0.4) is 0 Å². The molecule has 0 aromatic heterocycles. The number of phosphoric acid groups is 1. The molecule has 0 heterocycles. The molecule has 49 heavy (non-hydrogen) atoms. The van der Waals surface area contributed by atoms with Crippen molar-refractivity contribution < 1.29 is 43.0 Å². The van der Waals surface area contributed by atoms with Crippen LogP contribution in [-0.4, -0.2) is 52.3 Å². The second kappa shape index (κ2) is 34.2. The number of phosphoric ester groups is 1. The van der Waals surface area contributed by atoms with Crippen LogP contribution < -0.4 is 0 Å². The van der Waals surface area contributed by atoms with Crippen LogP contribution >= 0.6 is 7.82 Å². The number of hydrogen-bond acceptors (Lipinski definition) is 7. The van der Waals surface area contributed by atoms with E-state index in [4.69, 9.17) is 19.3 Å². The van der Waals surface area contributed by atoms with Gasteiger partial charge in [0.05, 0.1) is 12.7 Å². The molecule has 0 radical (unpaired) electrons. The first-order chi connectivity index (χ1) is 23.7. The maximum Gasteiger partial charge on any atom is 0.469 e. The molecule has 0 rings (SSSR count). The monoisotopic (exact) mass is 710 g/mol. The Morgan fingerprint density at radius 3 is 1.84 bits per heavy atom. The van der Waals surface area contributed by atoms with Crippen molar-refractivity contribution in [3.63, 3.8) is 0 Å². The number of unbranched alkanes of at least 4 members (excludes halogenated alkanes) is 13. The molecule has 0 fully saturated rings. The summed E-state index contributed by atoms with van der Waals surface area (Å²) in [6.45, 7) is 3.39. The summed E-state index contributed by atoms with van der Waals surface area (Å²) in [6.07, 6.45) is 38.4. The van der Waals surface area contributed by atoms with Gasteiger partial charge in [0, 0.05) is 12.8 Å². The summed E-state index contributed by atoms with van der Waals surface area (Å²) in [7, 11) is -4.77. The molecule has 0 amide bonds. The molecule has 2 atom stereocenters. The number of aliphatic hydroxyl groups is 1. The Bertz CT molecular complexity index is 996. The van der Waals surface area contributed by atoms with Gasteiger partial charge in [-0.3, -0.25) is 14.1 Å². The van der Waals surface area contributed by atoms with E-state index in [1.165, 1.54) is 19.3 Å². The first-order valence-corrected chi connectivity index (χ1v) is 20.2. The molecule has 0 aliphatic rings. The van der Waals surface area contributed by atoms with Crippen LogP contribution in [0.1, 0.15) is 149 Å². The number of allylic oxidation sites excluding steroid dienone is 8. The number of hydrogen-bond donors (Lipinski definition) is 3. The van der Waals surface area contributed by atoms with E-state index in [1.807, 2.05) is 24.3 Å². The van der Waals surface area contributed by atoms with Crippen molar-refractivity contribution in [2.24, 2.45) is 0 Å². The van der Waals surface area contributed by atoms with E-state index in [0.717, 1.165) is 83.5 Å². The lowest BCUT2D eigenvalue weighted by atomic mass is 10.1. The third-order valence-corrected chi connectivity index (χ3v) is 8.09. The summed E-state index contributed by atoms with van der Waals surface area (Å²) in [5.41, 5.74) is 0. The van der Waals surface area contributed by atoms with E-state index in [0.29, 0.717) is 19.3 Å². The van der Waals surface area contributed by atoms with Crippen LogP contribution in [0.4, 0.5) is 0 Å². The fraction of sp³-hybridized carbons (Fsp3) is 0.692. The lowest BCUT2D eigenvalue weighted by molar-refractivity contribution is -0.161. The van der Waals surface area contributed by atoms with Crippen LogP contribution in [0, 0.1) is 0 Å². The van der Waals surface area contributed by atoms with E-state index >= 15 is 0 Å². The molecule has 0 saturated carbocycles. The number of esters is 2. The van der Waals surface area contributed by atoms with Gasteiger partial charge in [-0.05, 0) is 70.6 Å². The third-order valence-electron chi connectivity index (χ3n) is 7.60. The first-order valence-electron chi connectivity index (χ1n) is 18.7. The zero-order valence-electron chi connectivity index (χ0n) is 30.4. The summed E-state index contributed by atoms with van der Waals surface area (Å²) in [5.74, 6) is -0.961. The third kappa shape index (κ3) is 36.8. The molecule has 0 spiro atoms.